The van der Waals surface area contributed by atoms with Crippen LogP contribution in [0.5, 0.6) is 0 Å². The quantitative estimate of drug-likeness (QED) is 0.765. The van der Waals surface area contributed by atoms with Crippen LogP contribution in [-0.2, 0) is 18.4 Å². The number of benzene rings is 1. The number of aryl methyl sites for hydroxylation is 1. The summed E-state index contributed by atoms with van der Waals surface area (Å²) in [5.74, 6) is 0.648. The number of methoxy groups -OCH3 is 1. The van der Waals surface area contributed by atoms with Crippen LogP contribution in [0.15, 0.2) is 23.0 Å². The predicted molar refractivity (Wildman–Crippen MR) is 62.4 cm³/mol. The highest BCUT2D eigenvalue weighted by molar-refractivity contribution is 5.80. The van der Waals surface area contributed by atoms with Gasteiger partial charge in [0.25, 0.3) is 5.56 Å². The summed E-state index contributed by atoms with van der Waals surface area (Å²) in [6, 6.07) is 5.62. The standard InChI is InChI=1S/C12H14N2O2/c1-8-5-4-6-9-11(8)13-10(7-16-3)14(2)12(9)15/h4-6H,7H2,1-3H3. The van der Waals surface area contributed by atoms with E-state index < -0.39 is 0 Å². The highest BCUT2D eigenvalue weighted by Gasteiger charge is 2.08. The van der Waals surface area contributed by atoms with Gasteiger partial charge in [-0.15, -0.1) is 0 Å². The van der Waals surface area contributed by atoms with Crippen LogP contribution in [0.25, 0.3) is 10.9 Å². The van der Waals surface area contributed by atoms with Gasteiger partial charge in [-0.1, -0.05) is 12.1 Å². The van der Waals surface area contributed by atoms with Crippen LogP contribution in [0.2, 0.25) is 0 Å². The number of hydrogen-bond acceptors (Lipinski definition) is 3. The Kier molecular flexibility index (Phi) is 2.75. The summed E-state index contributed by atoms with van der Waals surface area (Å²) < 4.78 is 6.56. The number of aromatic nitrogens is 2. The molecule has 1 aromatic carbocycles. The molecule has 0 atom stereocenters. The number of hydrogen-bond donors (Lipinski definition) is 0. The Bertz CT molecular complexity index is 587. The molecular formula is C12H14N2O2. The Labute approximate surface area is 93.5 Å². The van der Waals surface area contributed by atoms with Crippen LogP contribution in [0.1, 0.15) is 11.4 Å². The molecule has 4 nitrogen and oxygen atoms in total. The van der Waals surface area contributed by atoms with Crippen molar-refractivity contribution < 1.29 is 4.74 Å². The molecule has 0 saturated heterocycles. The largest absolute Gasteiger partial charge is 0.377 e. The number of ether oxygens (including phenoxy) is 1. The fraction of sp³-hybridized carbons (Fsp3) is 0.333. The summed E-state index contributed by atoms with van der Waals surface area (Å²) in [4.78, 5) is 16.5. The van der Waals surface area contributed by atoms with Crippen molar-refractivity contribution in [2.24, 2.45) is 7.05 Å². The van der Waals surface area contributed by atoms with Crippen molar-refractivity contribution in [2.75, 3.05) is 7.11 Å². The molecule has 2 rings (SSSR count). The maximum absolute atomic E-state index is 12.0. The Balaban J connectivity index is 2.84. The van der Waals surface area contributed by atoms with Crippen molar-refractivity contribution in [1.82, 2.24) is 9.55 Å². The molecule has 0 radical (unpaired) electrons. The van der Waals surface area contributed by atoms with Crippen molar-refractivity contribution in [3.05, 3.63) is 39.9 Å². The minimum absolute atomic E-state index is 0.0271. The Morgan fingerprint density at radius 1 is 1.44 bits per heavy atom. The van der Waals surface area contributed by atoms with Crippen molar-refractivity contribution in [2.45, 2.75) is 13.5 Å². The second-order valence-electron chi connectivity index (χ2n) is 3.80. The predicted octanol–water partition coefficient (Wildman–Crippen LogP) is 1.39. The Hall–Kier alpha value is -1.68. The van der Waals surface area contributed by atoms with Gasteiger partial charge in [0, 0.05) is 14.2 Å². The molecular weight excluding hydrogens is 204 g/mol. The summed E-state index contributed by atoms with van der Waals surface area (Å²) >= 11 is 0. The van der Waals surface area contributed by atoms with E-state index in [1.54, 1.807) is 20.2 Å². The van der Waals surface area contributed by atoms with Crippen molar-refractivity contribution in [3.63, 3.8) is 0 Å². The van der Waals surface area contributed by atoms with E-state index in [1.165, 1.54) is 4.57 Å². The molecule has 84 valence electrons. The van der Waals surface area contributed by atoms with E-state index in [9.17, 15) is 4.79 Å². The van der Waals surface area contributed by atoms with Crippen LogP contribution < -0.4 is 5.56 Å². The fourth-order valence-corrected chi connectivity index (χ4v) is 1.74. The van der Waals surface area contributed by atoms with Gasteiger partial charge in [0.2, 0.25) is 0 Å². The van der Waals surface area contributed by atoms with E-state index >= 15 is 0 Å². The lowest BCUT2D eigenvalue weighted by atomic mass is 10.1. The first-order valence-electron chi connectivity index (χ1n) is 5.09. The van der Waals surface area contributed by atoms with Gasteiger partial charge in [0.15, 0.2) is 0 Å². The Morgan fingerprint density at radius 3 is 2.88 bits per heavy atom. The molecule has 0 unspecified atom stereocenters. The monoisotopic (exact) mass is 218 g/mol. The van der Waals surface area contributed by atoms with Gasteiger partial charge < -0.3 is 4.74 Å². The number of fused-ring (bicyclic) bond motifs is 1. The lowest BCUT2D eigenvalue weighted by Crippen LogP contribution is -2.23. The molecule has 1 heterocycles. The van der Waals surface area contributed by atoms with E-state index in [4.69, 9.17) is 4.74 Å². The minimum Gasteiger partial charge on any atom is -0.377 e. The van der Waals surface area contributed by atoms with E-state index in [-0.39, 0.29) is 5.56 Å². The van der Waals surface area contributed by atoms with Crippen molar-refractivity contribution >= 4 is 10.9 Å². The normalized spacial score (nSPS) is 10.9. The zero-order valence-electron chi connectivity index (χ0n) is 9.65. The van der Waals surface area contributed by atoms with Gasteiger partial charge in [-0.3, -0.25) is 9.36 Å². The summed E-state index contributed by atoms with van der Waals surface area (Å²) in [7, 11) is 3.31. The first-order chi connectivity index (χ1) is 7.65. The van der Waals surface area contributed by atoms with Crippen LogP contribution in [-0.4, -0.2) is 16.7 Å². The molecule has 0 aliphatic carbocycles. The smallest absolute Gasteiger partial charge is 0.261 e. The molecule has 0 aliphatic heterocycles. The zero-order valence-corrected chi connectivity index (χ0v) is 9.65. The molecule has 2 aromatic rings. The van der Waals surface area contributed by atoms with E-state index in [1.807, 2.05) is 19.1 Å². The second kappa shape index (κ2) is 4.06. The van der Waals surface area contributed by atoms with Gasteiger partial charge in [-0.05, 0) is 18.6 Å². The topological polar surface area (TPSA) is 44.1 Å². The molecule has 0 saturated carbocycles. The van der Waals surface area contributed by atoms with Crippen LogP contribution in [0, 0.1) is 6.92 Å². The van der Waals surface area contributed by atoms with Crippen LogP contribution in [0.3, 0.4) is 0 Å². The van der Waals surface area contributed by atoms with Crippen LogP contribution >= 0.6 is 0 Å². The van der Waals surface area contributed by atoms with Crippen molar-refractivity contribution in [3.8, 4) is 0 Å². The molecule has 0 aliphatic rings. The van der Waals surface area contributed by atoms with E-state index in [2.05, 4.69) is 4.98 Å². The van der Waals surface area contributed by atoms with Crippen molar-refractivity contribution in [1.29, 1.82) is 0 Å². The zero-order chi connectivity index (χ0) is 11.7. The molecule has 0 N–H and O–H groups in total. The number of nitrogens with zero attached hydrogens (tertiary/aromatic N) is 2. The average molecular weight is 218 g/mol. The maximum Gasteiger partial charge on any atom is 0.261 e. The van der Waals surface area contributed by atoms with Gasteiger partial charge in [-0.2, -0.15) is 0 Å². The summed E-state index contributed by atoms with van der Waals surface area (Å²) in [6.07, 6.45) is 0. The maximum atomic E-state index is 12.0. The third-order valence-electron chi connectivity index (χ3n) is 2.67. The highest BCUT2D eigenvalue weighted by atomic mass is 16.5. The molecule has 1 aromatic heterocycles. The average Bonchev–Trinajstić information content (AvgIpc) is 2.27. The van der Waals surface area contributed by atoms with Crippen LogP contribution in [0.4, 0.5) is 0 Å². The summed E-state index contributed by atoms with van der Waals surface area (Å²) in [6.45, 7) is 2.29. The third-order valence-corrected chi connectivity index (χ3v) is 2.67. The minimum atomic E-state index is -0.0271. The molecule has 4 heteroatoms. The molecule has 0 bridgehead atoms. The SMILES string of the molecule is COCc1nc2c(C)cccc2c(=O)n1C. The molecule has 0 spiro atoms. The fourth-order valence-electron chi connectivity index (χ4n) is 1.74. The molecule has 0 amide bonds. The molecule has 0 fully saturated rings. The lowest BCUT2D eigenvalue weighted by molar-refractivity contribution is 0.174. The highest BCUT2D eigenvalue weighted by Crippen LogP contribution is 2.12. The van der Waals surface area contributed by atoms with Gasteiger partial charge >= 0.3 is 0 Å². The number of para-hydroxylation sites is 1. The Morgan fingerprint density at radius 2 is 2.19 bits per heavy atom. The van der Waals surface area contributed by atoms with E-state index in [0.717, 1.165) is 11.1 Å². The van der Waals surface area contributed by atoms with Gasteiger partial charge in [0.05, 0.1) is 10.9 Å². The first kappa shape index (κ1) is 10.8. The van der Waals surface area contributed by atoms with E-state index in [0.29, 0.717) is 17.8 Å². The van der Waals surface area contributed by atoms with Gasteiger partial charge in [-0.25, -0.2) is 4.98 Å². The first-order valence-corrected chi connectivity index (χ1v) is 5.09. The summed E-state index contributed by atoms with van der Waals surface area (Å²) in [5.41, 5.74) is 1.74. The number of rotatable bonds is 2. The third kappa shape index (κ3) is 1.61. The lowest BCUT2D eigenvalue weighted by Gasteiger charge is -2.09. The molecule has 16 heavy (non-hydrogen) atoms. The van der Waals surface area contributed by atoms with Gasteiger partial charge in [0.1, 0.15) is 12.4 Å². The summed E-state index contributed by atoms with van der Waals surface area (Å²) in [5, 5.41) is 0.655. The second-order valence-corrected chi connectivity index (χ2v) is 3.80.